The molecule has 0 unspecified atom stereocenters. The lowest BCUT2D eigenvalue weighted by molar-refractivity contribution is -0.598. The number of esters is 1. The standard InChI is InChI=1S/C28H25ClNO3S2/c1-3-33-24(31)17-23-25(30-15-13-19(2)14-16-30)28(34-18-20-9-11-22(29)12-10-20)35-27(23)26(32)21-7-5-4-6-8-21/h4-16H,3,17-18H2,1-2H3/q+1. The summed E-state index contributed by atoms with van der Waals surface area (Å²) >= 11 is 9.12. The zero-order chi connectivity index (χ0) is 24.8. The highest BCUT2D eigenvalue weighted by Crippen LogP contribution is 2.40. The summed E-state index contributed by atoms with van der Waals surface area (Å²) in [5.74, 6) is 0.257. The Hall–Kier alpha value is -2.93. The van der Waals surface area contributed by atoms with Crippen LogP contribution in [0.15, 0.2) is 83.3 Å². The summed E-state index contributed by atoms with van der Waals surface area (Å²) in [5.41, 5.74) is 4.37. The SMILES string of the molecule is CCOC(=O)Cc1c(C(=O)c2ccccc2)sc(SCc2ccc(Cl)cc2)c1-[n+]1ccc(C)cc1. The van der Waals surface area contributed by atoms with Crippen molar-refractivity contribution in [3.8, 4) is 5.69 Å². The summed E-state index contributed by atoms with van der Waals surface area (Å²) in [4.78, 5) is 26.8. The van der Waals surface area contributed by atoms with Crippen LogP contribution in [0.1, 0.15) is 38.8 Å². The number of hydrogen-bond donors (Lipinski definition) is 0. The number of thiophene rings is 1. The van der Waals surface area contributed by atoms with Crippen molar-refractivity contribution in [2.24, 2.45) is 0 Å². The van der Waals surface area contributed by atoms with Gasteiger partial charge in [0.1, 0.15) is 4.21 Å². The number of nitrogens with zero attached hydrogens (tertiary/aromatic N) is 1. The molecule has 0 saturated carbocycles. The van der Waals surface area contributed by atoms with Gasteiger partial charge in [-0.15, -0.1) is 23.1 Å². The molecule has 7 heteroatoms. The predicted octanol–water partition coefficient (Wildman–Crippen LogP) is 6.62. The fourth-order valence-electron chi connectivity index (χ4n) is 3.60. The van der Waals surface area contributed by atoms with Crippen LogP contribution in [0, 0.1) is 6.92 Å². The predicted molar refractivity (Wildman–Crippen MR) is 142 cm³/mol. The Labute approximate surface area is 218 Å². The van der Waals surface area contributed by atoms with Crippen molar-refractivity contribution in [3.05, 3.63) is 111 Å². The molecular weight excluding hydrogens is 498 g/mol. The average molecular weight is 523 g/mol. The average Bonchev–Trinajstić information content (AvgIpc) is 3.22. The number of pyridine rings is 1. The van der Waals surface area contributed by atoms with Crippen LogP contribution in [-0.2, 0) is 21.7 Å². The van der Waals surface area contributed by atoms with E-state index in [2.05, 4.69) is 0 Å². The molecule has 4 aromatic rings. The Morgan fingerprint density at radius 3 is 2.34 bits per heavy atom. The fraction of sp³-hybridized carbons (Fsp3) is 0.179. The molecule has 0 saturated heterocycles. The van der Waals surface area contributed by atoms with E-state index >= 15 is 0 Å². The molecule has 0 amide bonds. The normalized spacial score (nSPS) is 10.8. The first-order valence-electron chi connectivity index (χ1n) is 11.2. The molecule has 0 radical (unpaired) electrons. The van der Waals surface area contributed by atoms with E-state index in [0.717, 1.165) is 21.0 Å². The third kappa shape index (κ3) is 6.20. The van der Waals surface area contributed by atoms with E-state index in [1.54, 1.807) is 30.8 Å². The lowest BCUT2D eigenvalue weighted by atomic mass is 10.0. The van der Waals surface area contributed by atoms with Crippen LogP contribution in [0.5, 0.6) is 0 Å². The Kier molecular flexibility index (Phi) is 8.39. The number of thioether (sulfide) groups is 1. The summed E-state index contributed by atoms with van der Waals surface area (Å²) in [6.07, 6.45) is 3.96. The van der Waals surface area contributed by atoms with E-state index in [0.29, 0.717) is 26.8 Å². The van der Waals surface area contributed by atoms with Gasteiger partial charge in [-0.25, -0.2) is 0 Å². The number of aryl methyl sites for hydroxylation is 1. The van der Waals surface area contributed by atoms with Gasteiger partial charge >= 0.3 is 5.97 Å². The van der Waals surface area contributed by atoms with Crippen LogP contribution in [0.2, 0.25) is 5.02 Å². The Morgan fingerprint density at radius 1 is 1.00 bits per heavy atom. The van der Waals surface area contributed by atoms with E-state index in [-0.39, 0.29) is 24.8 Å². The van der Waals surface area contributed by atoms with E-state index < -0.39 is 0 Å². The zero-order valence-electron chi connectivity index (χ0n) is 19.5. The molecule has 4 nitrogen and oxygen atoms in total. The monoisotopic (exact) mass is 522 g/mol. The number of hydrogen-bond acceptors (Lipinski definition) is 5. The number of ketones is 1. The van der Waals surface area contributed by atoms with Crippen LogP contribution in [0.4, 0.5) is 0 Å². The van der Waals surface area contributed by atoms with Gasteiger partial charge in [-0.3, -0.25) is 9.59 Å². The molecule has 0 aliphatic heterocycles. The van der Waals surface area contributed by atoms with Crippen molar-refractivity contribution >= 4 is 46.5 Å². The summed E-state index contributed by atoms with van der Waals surface area (Å²) in [6.45, 7) is 4.10. The maximum absolute atomic E-state index is 13.6. The summed E-state index contributed by atoms with van der Waals surface area (Å²) in [6, 6.07) is 20.9. The fourth-order valence-corrected chi connectivity index (χ4v) is 6.25. The van der Waals surface area contributed by atoms with Crippen molar-refractivity contribution < 1.29 is 18.9 Å². The van der Waals surface area contributed by atoms with Crippen molar-refractivity contribution in [3.63, 3.8) is 0 Å². The third-order valence-electron chi connectivity index (χ3n) is 5.35. The largest absolute Gasteiger partial charge is 0.466 e. The second kappa shape index (κ2) is 11.7. The van der Waals surface area contributed by atoms with Crippen molar-refractivity contribution in [2.45, 2.75) is 30.2 Å². The first-order valence-corrected chi connectivity index (χ1v) is 13.4. The van der Waals surface area contributed by atoms with Gasteiger partial charge in [-0.1, -0.05) is 54.1 Å². The molecule has 0 aliphatic carbocycles. The quantitative estimate of drug-likeness (QED) is 0.107. The minimum absolute atomic E-state index is 0.0238. The van der Waals surface area contributed by atoms with Gasteiger partial charge in [0.2, 0.25) is 11.5 Å². The number of rotatable bonds is 9. The summed E-state index contributed by atoms with van der Waals surface area (Å²) in [7, 11) is 0. The molecule has 0 spiro atoms. The van der Waals surface area contributed by atoms with Gasteiger partial charge in [-0.2, -0.15) is 4.57 Å². The maximum Gasteiger partial charge on any atom is 0.310 e. The lowest BCUT2D eigenvalue weighted by Crippen LogP contribution is -2.31. The van der Waals surface area contributed by atoms with Gasteiger partial charge in [0.15, 0.2) is 12.4 Å². The Morgan fingerprint density at radius 2 is 1.69 bits per heavy atom. The molecule has 2 aromatic carbocycles. The van der Waals surface area contributed by atoms with Crippen LogP contribution < -0.4 is 4.57 Å². The third-order valence-corrected chi connectivity index (χ3v) is 8.16. The van der Waals surface area contributed by atoms with Gasteiger partial charge in [-0.05, 0) is 37.1 Å². The second-order valence-electron chi connectivity index (χ2n) is 7.92. The molecule has 35 heavy (non-hydrogen) atoms. The maximum atomic E-state index is 13.6. The Bertz CT molecular complexity index is 1320. The van der Waals surface area contributed by atoms with Crippen LogP contribution in [-0.4, -0.2) is 18.4 Å². The second-order valence-corrected chi connectivity index (χ2v) is 10.6. The number of halogens is 1. The topological polar surface area (TPSA) is 47.3 Å². The van der Waals surface area contributed by atoms with Gasteiger partial charge in [0, 0.05) is 28.5 Å². The number of ether oxygens (including phenoxy) is 1. The summed E-state index contributed by atoms with van der Waals surface area (Å²) < 4.78 is 8.23. The van der Waals surface area contributed by atoms with Crippen molar-refractivity contribution in [1.82, 2.24) is 0 Å². The number of aromatic nitrogens is 1. The molecule has 0 N–H and O–H groups in total. The highest BCUT2D eigenvalue weighted by Gasteiger charge is 2.31. The van der Waals surface area contributed by atoms with Gasteiger partial charge in [0.25, 0.3) is 0 Å². The van der Waals surface area contributed by atoms with Crippen LogP contribution >= 0.6 is 34.7 Å². The van der Waals surface area contributed by atoms with Gasteiger partial charge < -0.3 is 4.74 Å². The highest BCUT2D eigenvalue weighted by molar-refractivity contribution is 8.00. The van der Waals surface area contributed by atoms with E-state index in [1.807, 2.05) is 78.5 Å². The number of carbonyl (C=O) groups is 2. The van der Waals surface area contributed by atoms with E-state index in [4.69, 9.17) is 16.3 Å². The molecule has 4 rings (SSSR count). The van der Waals surface area contributed by atoms with Crippen LogP contribution in [0.25, 0.3) is 5.69 Å². The van der Waals surface area contributed by atoms with Crippen molar-refractivity contribution in [1.29, 1.82) is 0 Å². The van der Waals surface area contributed by atoms with E-state index in [1.165, 1.54) is 11.3 Å². The molecule has 0 fully saturated rings. The minimum Gasteiger partial charge on any atom is -0.466 e. The van der Waals surface area contributed by atoms with Crippen LogP contribution in [0.3, 0.4) is 0 Å². The van der Waals surface area contributed by atoms with Gasteiger partial charge in [0.05, 0.1) is 23.5 Å². The number of benzene rings is 2. The molecule has 0 aliphatic rings. The smallest absolute Gasteiger partial charge is 0.310 e. The highest BCUT2D eigenvalue weighted by atomic mass is 35.5. The zero-order valence-corrected chi connectivity index (χ0v) is 21.9. The lowest BCUT2D eigenvalue weighted by Gasteiger charge is -2.06. The Balaban J connectivity index is 1.83. The minimum atomic E-state index is -0.351. The molecule has 0 bridgehead atoms. The van der Waals surface area contributed by atoms with Crippen molar-refractivity contribution in [2.75, 3.05) is 6.61 Å². The first-order chi connectivity index (χ1) is 17.0. The molecule has 178 valence electrons. The first kappa shape index (κ1) is 25.2. The molecule has 2 heterocycles. The summed E-state index contributed by atoms with van der Waals surface area (Å²) in [5, 5.41) is 0.693. The van der Waals surface area contributed by atoms with E-state index in [9.17, 15) is 9.59 Å². The number of carbonyl (C=O) groups excluding carboxylic acids is 2. The molecule has 2 aromatic heterocycles. The molecule has 0 atom stereocenters. The molecular formula is C28H25ClNO3S2+.